The number of rotatable bonds is 5. The van der Waals surface area contributed by atoms with E-state index in [1.165, 1.54) is 24.3 Å². The predicted octanol–water partition coefficient (Wildman–Crippen LogP) is 0.319. The van der Waals surface area contributed by atoms with E-state index in [0.717, 1.165) is 0 Å². The number of carbonyl (C=O) groups excluding carboxylic acids is 1. The lowest BCUT2D eigenvalue weighted by atomic mass is 10.2. The SMILES string of the molecule is CC[C@H](NC(=O)Nc1cccc(S(N)(=O)=O)c1)C(=O)O. The molecule has 20 heavy (non-hydrogen) atoms. The van der Waals surface area contributed by atoms with E-state index < -0.39 is 28.1 Å². The van der Waals surface area contributed by atoms with Crippen molar-refractivity contribution in [2.45, 2.75) is 24.3 Å². The van der Waals surface area contributed by atoms with E-state index in [2.05, 4.69) is 10.6 Å². The van der Waals surface area contributed by atoms with Gasteiger partial charge in [0.25, 0.3) is 0 Å². The number of aliphatic carboxylic acids is 1. The third kappa shape index (κ3) is 4.52. The summed E-state index contributed by atoms with van der Waals surface area (Å²) < 4.78 is 22.3. The monoisotopic (exact) mass is 301 g/mol. The fraction of sp³-hybridized carbons (Fsp3) is 0.273. The molecule has 1 rings (SSSR count). The molecule has 0 spiro atoms. The maximum absolute atomic E-state index is 11.6. The first kappa shape index (κ1) is 15.9. The highest BCUT2D eigenvalue weighted by atomic mass is 32.2. The Morgan fingerprint density at radius 3 is 2.55 bits per heavy atom. The molecule has 9 heteroatoms. The molecule has 2 amide bonds. The standard InChI is InChI=1S/C11H15N3O5S/c1-2-9(10(15)16)14-11(17)13-7-4-3-5-8(6-7)20(12,18)19/h3-6,9H,2H2,1H3,(H,15,16)(H2,12,18,19)(H2,13,14,17)/t9-/m0/s1. The van der Waals surface area contributed by atoms with Gasteiger partial charge in [-0.3, -0.25) is 0 Å². The maximum Gasteiger partial charge on any atom is 0.326 e. The maximum atomic E-state index is 11.6. The van der Waals surface area contributed by atoms with Gasteiger partial charge < -0.3 is 15.7 Å². The molecule has 0 aliphatic carbocycles. The number of nitrogens with one attached hydrogen (secondary N) is 2. The number of carbonyl (C=O) groups is 2. The second-order valence-corrected chi connectivity index (χ2v) is 5.53. The van der Waals surface area contributed by atoms with Crippen molar-refractivity contribution in [3.8, 4) is 0 Å². The van der Waals surface area contributed by atoms with Gasteiger partial charge in [-0.25, -0.2) is 23.1 Å². The van der Waals surface area contributed by atoms with Crippen LogP contribution in [0.1, 0.15) is 13.3 Å². The van der Waals surface area contributed by atoms with Crippen LogP contribution < -0.4 is 15.8 Å². The Kier molecular flexibility index (Phi) is 5.06. The summed E-state index contributed by atoms with van der Waals surface area (Å²) in [6.45, 7) is 1.61. The minimum Gasteiger partial charge on any atom is -0.480 e. The molecule has 8 nitrogen and oxygen atoms in total. The lowest BCUT2D eigenvalue weighted by Gasteiger charge is -2.13. The van der Waals surface area contributed by atoms with Crippen molar-refractivity contribution >= 4 is 27.7 Å². The number of sulfonamides is 1. The second-order valence-electron chi connectivity index (χ2n) is 3.97. The molecule has 1 aromatic carbocycles. The summed E-state index contributed by atoms with van der Waals surface area (Å²) in [7, 11) is -3.87. The Morgan fingerprint density at radius 2 is 2.05 bits per heavy atom. The van der Waals surface area contributed by atoms with Gasteiger partial charge in [0.15, 0.2) is 0 Å². The molecule has 110 valence electrons. The molecule has 0 radical (unpaired) electrons. The molecule has 0 bridgehead atoms. The highest BCUT2D eigenvalue weighted by Gasteiger charge is 2.17. The van der Waals surface area contributed by atoms with Crippen molar-refractivity contribution in [1.82, 2.24) is 5.32 Å². The third-order valence-electron chi connectivity index (χ3n) is 2.43. The first-order valence-corrected chi connectivity index (χ1v) is 7.22. The molecule has 0 saturated heterocycles. The van der Waals surface area contributed by atoms with Crippen LogP contribution in [0.5, 0.6) is 0 Å². The van der Waals surface area contributed by atoms with E-state index >= 15 is 0 Å². The van der Waals surface area contributed by atoms with Gasteiger partial charge in [-0.05, 0) is 24.6 Å². The molecule has 5 N–H and O–H groups in total. The zero-order valence-corrected chi connectivity index (χ0v) is 11.5. The number of hydrogen-bond acceptors (Lipinski definition) is 4. The summed E-state index contributed by atoms with van der Waals surface area (Å²) in [5.41, 5.74) is 0.189. The molecule has 0 aliphatic rings. The second kappa shape index (κ2) is 6.35. The van der Waals surface area contributed by atoms with Gasteiger partial charge in [0.05, 0.1) is 4.90 Å². The van der Waals surface area contributed by atoms with E-state index in [9.17, 15) is 18.0 Å². The molecule has 0 aromatic heterocycles. The highest BCUT2D eigenvalue weighted by Crippen LogP contribution is 2.13. The summed E-state index contributed by atoms with van der Waals surface area (Å²) in [4.78, 5) is 22.2. The normalized spacial score (nSPS) is 12.5. The summed E-state index contributed by atoms with van der Waals surface area (Å²) in [6, 6.07) is 3.56. The Morgan fingerprint density at radius 1 is 1.40 bits per heavy atom. The van der Waals surface area contributed by atoms with Crippen molar-refractivity contribution in [3.63, 3.8) is 0 Å². The molecular weight excluding hydrogens is 286 g/mol. The zero-order valence-electron chi connectivity index (χ0n) is 10.7. The number of nitrogens with two attached hydrogens (primary N) is 1. The van der Waals surface area contributed by atoms with E-state index in [1.54, 1.807) is 6.92 Å². The Labute approximate surface area is 116 Å². The summed E-state index contributed by atoms with van der Waals surface area (Å²) in [5.74, 6) is -1.15. The van der Waals surface area contributed by atoms with Crippen LogP contribution in [0.2, 0.25) is 0 Å². The van der Waals surface area contributed by atoms with Crippen LogP contribution >= 0.6 is 0 Å². The van der Waals surface area contributed by atoms with Gasteiger partial charge >= 0.3 is 12.0 Å². The number of benzene rings is 1. The molecule has 0 fully saturated rings. The topological polar surface area (TPSA) is 139 Å². The van der Waals surface area contributed by atoms with Gasteiger partial charge in [-0.2, -0.15) is 0 Å². The van der Waals surface area contributed by atoms with Crippen LogP contribution in [-0.4, -0.2) is 31.6 Å². The summed E-state index contributed by atoms with van der Waals surface area (Å²) >= 11 is 0. The molecule has 0 aliphatic heterocycles. The van der Waals surface area contributed by atoms with Crippen LogP contribution in [0.4, 0.5) is 10.5 Å². The van der Waals surface area contributed by atoms with E-state index in [4.69, 9.17) is 10.2 Å². The van der Waals surface area contributed by atoms with Gasteiger partial charge in [-0.15, -0.1) is 0 Å². The highest BCUT2D eigenvalue weighted by molar-refractivity contribution is 7.89. The number of urea groups is 1. The average molecular weight is 301 g/mol. The summed E-state index contributed by atoms with van der Waals surface area (Å²) in [5, 5.41) is 18.3. The minimum absolute atomic E-state index is 0.152. The number of hydrogen-bond donors (Lipinski definition) is 4. The van der Waals surface area contributed by atoms with Crippen molar-refractivity contribution in [1.29, 1.82) is 0 Å². The Hall–Kier alpha value is -2.13. The van der Waals surface area contributed by atoms with E-state index in [1.807, 2.05) is 0 Å². The van der Waals surface area contributed by atoms with Crippen LogP contribution in [0, 0.1) is 0 Å². The number of carboxylic acid groups (broad SMARTS) is 1. The smallest absolute Gasteiger partial charge is 0.326 e. The Balaban J connectivity index is 2.79. The van der Waals surface area contributed by atoms with E-state index in [0.29, 0.717) is 0 Å². The van der Waals surface area contributed by atoms with Crippen LogP contribution in [0.15, 0.2) is 29.2 Å². The molecular formula is C11H15N3O5S. The third-order valence-corrected chi connectivity index (χ3v) is 3.34. The first-order valence-electron chi connectivity index (χ1n) is 5.67. The largest absolute Gasteiger partial charge is 0.480 e. The van der Waals surface area contributed by atoms with Crippen LogP contribution in [-0.2, 0) is 14.8 Å². The minimum atomic E-state index is -3.87. The van der Waals surface area contributed by atoms with Crippen molar-refractivity contribution in [2.24, 2.45) is 5.14 Å². The Bertz CT molecular complexity index is 614. The molecule has 1 aromatic rings. The van der Waals surface area contributed by atoms with Crippen molar-refractivity contribution < 1.29 is 23.1 Å². The van der Waals surface area contributed by atoms with E-state index in [-0.39, 0.29) is 17.0 Å². The van der Waals surface area contributed by atoms with Gasteiger partial charge in [-0.1, -0.05) is 13.0 Å². The number of amides is 2. The van der Waals surface area contributed by atoms with Crippen molar-refractivity contribution in [2.75, 3.05) is 5.32 Å². The quantitative estimate of drug-likeness (QED) is 0.620. The van der Waals surface area contributed by atoms with Gasteiger partial charge in [0.1, 0.15) is 6.04 Å². The van der Waals surface area contributed by atoms with Crippen LogP contribution in [0.25, 0.3) is 0 Å². The molecule has 0 saturated carbocycles. The summed E-state index contributed by atoms with van der Waals surface area (Å²) in [6.07, 6.45) is 0.222. The molecule has 0 heterocycles. The predicted molar refractivity (Wildman–Crippen MR) is 71.7 cm³/mol. The van der Waals surface area contributed by atoms with Crippen molar-refractivity contribution in [3.05, 3.63) is 24.3 Å². The number of carboxylic acids is 1. The molecule has 0 unspecified atom stereocenters. The fourth-order valence-electron chi connectivity index (χ4n) is 1.41. The lowest BCUT2D eigenvalue weighted by Crippen LogP contribution is -2.42. The number of primary sulfonamides is 1. The number of anilines is 1. The zero-order chi connectivity index (χ0) is 15.3. The fourth-order valence-corrected chi connectivity index (χ4v) is 1.97. The van der Waals surface area contributed by atoms with Crippen LogP contribution in [0.3, 0.4) is 0 Å². The first-order chi connectivity index (χ1) is 9.24. The lowest BCUT2D eigenvalue weighted by molar-refractivity contribution is -0.139. The van der Waals surface area contributed by atoms with Gasteiger partial charge in [0, 0.05) is 5.69 Å². The molecule has 1 atom stereocenters. The van der Waals surface area contributed by atoms with Gasteiger partial charge in [0.2, 0.25) is 10.0 Å². The average Bonchev–Trinajstić information content (AvgIpc) is 2.34.